The Morgan fingerprint density at radius 1 is 1.67 bits per heavy atom. The molecule has 0 unspecified atom stereocenters. The van der Waals surface area contributed by atoms with Gasteiger partial charge in [0.05, 0.1) is 0 Å². The van der Waals surface area contributed by atoms with Crippen molar-refractivity contribution in [3.63, 3.8) is 0 Å². The van der Waals surface area contributed by atoms with Crippen LogP contribution in [0.2, 0.25) is 0 Å². The Labute approximate surface area is 80.7 Å². The lowest BCUT2D eigenvalue weighted by molar-refractivity contribution is -0.394. The van der Waals surface area contributed by atoms with Crippen molar-refractivity contribution in [1.29, 1.82) is 0 Å². The lowest BCUT2D eigenvalue weighted by Gasteiger charge is -1.87. The van der Waals surface area contributed by atoms with Crippen LogP contribution in [0.1, 0.15) is 5.89 Å². The summed E-state index contributed by atoms with van der Waals surface area (Å²) < 4.78 is 5.71. The molecule has 0 atom stereocenters. The smallest absolute Gasteiger partial charge is 0.390 e. The molecule has 0 saturated heterocycles. The summed E-state index contributed by atoms with van der Waals surface area (Å²) in [7, 11) is 0. The second-order valence-corrected chi connectivity index (χ2v) is 2.51. The number of aromatic amines is 1. The number of H-pyrrole nitrogens is 1. The minimum Gasteiger partial charge on any atom is -0.390 e. The van der Waals surface area contributed by atoms with E-state index in [0.29, 0.717) is 0 Å². The molecule has 0 amide bonds. The second-order valence-electron chi connectivity index (χ2n) is 2.51. The molecule has 2 aromatic rings. The van der Waals surface area contributed by atoms with Gasteiger partial charge in [0.25, 0.3) is 0 Å². The van der Waals surface area contributed by atoms with Crippen molar-refractivity contribution in [2.24, 2.45) is 0 Å². The summed E-state index contributed by atoms with van der Waals surface area (Å²) in [6.07, 6.45) is 1.15. The molecule has 0 saturated carbocycles. The van der Waals surface area contributed by atoms with Crippen LogP contribution in [0.25, 0.3) is 0 Å². The van der Waals surface area contributed by atoms with Gasteiger partial charge < -0.3 is 14.5 Å². The van der Waals surface area contributed by atoms with Gasteiger partial charge in [-0.05, 0) is 4.92 Å². The first kappa shape index (κ1) is 9.05. The van der Waals surface area contributed by atoms with E-state index in [1.807, 2.05) is 0 Å². The van der Waals surface area contributed by atoms with E-state index in [-0.39, 0.29) is 12.4 Å². The molecule has 10 nitrogen and oxygen atoms in total. The van der Waals surface area contributed by atoms with E-state index in [1.165, 1.54) is 0 Å². The Kier molecular flexibility index (Phi) is 2.00. The molecule has 0 aliphatic heterocycles. The molecule has 0 bridgehead atoms. The summed E-state index contributed by atoms with van der Waals surface area (Å²) in [6, 6.07) is 0. The Morgan fingerprint density at radius 2 is 2.47 bits per heavy atom. The normalized spacial score (nSPS) is 10.4. The average molecular weight is 212 g/mol. The van der Waals surface area contributed by atoms with Crippen LogP contribution in [0.4, 0.5) is 5.95 Å². The molecule has 10 heteroatoms. The number of hydrogen-bond acceptors (Lipinski definition) is 7. The molecule has 2 aromatic heterocycles. The van der Waals surface area contributed by atoms with Gasteiger partial charge in [-0.15, -0.1) is 5.10 Å². The fraction of sp³-hybridized carbons (Fsp3) is 0.200. The van der Waals surface area contributed by atoms with E-state index < -0.39 is 16.6 Å². The maximum Gasteiger partial charge on any atom is 0.490 e. The van der Waals surface area contributed by atoms with E-state index in [2.05, 4.69) is 24.7 Å². The van der Waals surface area contributed by atoms with Gasteiger partial charge in [0.15, 0.2) is 0 Å². The third kappa shape index (κ3) is 1.87. The molecule has 78 valence electrons. The maximum atomic E-state index is 10.6. The standard InChI is InChI=1S/C5H4N6O4/c12-5-8-7-3(15-5)1-10-2-6-4(9-10)11(13)14/h2H,1H2,(H,8,12). The van der Waals surface area contributed by atoms with Gasteiger partial charge in [-0.1, -0.05) is 4.98 Å². The number of nitrogens with one attached hydrogen (secondary N) is 1. The van der Waals surface area contributed by atoms with E-state index in [0.717, 1.165) is 11.0 Å². The van der Waals surface area contributed by atoms with Crippen LogP contribution in [-0.4, -0.2) is 29.9 Å². The molecule has 0 spiro atoms. The summed E-state index contributed by atoms with van der Waals surface area (Å²) in [5.74, 6) is -1.15. The largest absolute Gasteiger partial charge is 0.490 e. The minimum atomic E-state index is -0.725. The Morgan fingerprint density at radius 3 is 3.00 bits per heavy atom. The predicted molar refractivity (Wildman–Crippen MR) is 42.9 cm³/mol. The van der Waals surface area contributed by atoms with E-state index in [1.54, 1.807) is 0 Å². The molecule has 0 radical (unpaired) electrons. The van der Waals surface area contributed by atoms with Crippen molar-refractivity contribution in [2.75, 3.05) is 0 Å². The average Bonchev–Trinajstić information content (AvgIpc) is 2.76. The number of nitrogens with zero attached hydrogens (tertiary/aromatic N) is 5. The first-order chi connectivity index (χ1) is 7.15. The number of rotatable bonds is 3. The van der Waals surface area contributed by atoms with Crippen LogP contribution in [0.3, 0.4) is 0 Å². The predicted octanol–water partition coefficient (Wildman–Crippen LogP) is -1.09. The molecule has 2 rings (SSSR count). The van der Waals surface area contributed by atoms with Crippen molar-refractivity contribution >= 4 is 5.95 Å². The van der Waals surface area contributed by atoms with Crippen LogP contribution >= 0.6 is 0 Å². The zero-order chi connectivity index (χ0) is 10.8. The van der Waals surface area contributed by atoms with Crippen LogP contribution < -0.4 is 5.76 Å². The third-order valence-corrected chi connectivity index (χ3v) is 1.47. The van der Waals surface area contributed by atoms with Gasteiger partial charge >= 0.3 is 11.7 Å². The van der Waals surface area contributed by atoms with Crippen LogP contribution in [-0.2, 0) is 6.54 Å². The molecular weight excluding hydrogens is 208 g/mol. The lowest BCUT2D eigenvalue weighted by atomic mass is 10.6. The molecular formula is C5H4N6O4. The van der Waals surface area contributed by atoms with Gasteiger partial charge in [0.2, 0.25) is 12.2 Å². The van der Waals surface area contributed by atoms with Crippen molar-refractivity contribution in [3.8, 4) is 0 Å². The highest BCUT2D eigenvalue weighted by Gasteiger charge is 2.14. The summed E-state index contributed by atoms with van der Waals surface area (Å²) >= 11 is 0. The molecule has 2 heterocycles. The van der Waals surface area contributed by atoms with E-state index in [4.69, 9.17) is 0 Å². The van der Waals surface area contributed by atoms with Crippen LogP contribution in [0.5, 0.6) is 0 Å². The van der Waals surface area contributed by atoms with Crippen LogP contribution in [0, 0.1) is 10.1 Å². The van der Waals surface area contributed by atoms with Gasteiger partial charge in [0.1, 0.15) is 6.54 Å². The SMILES string of the molecule is O=c1[nH]nc(Cn2cnc([N+](=O)[O-])n2)o1. The first-order valence-corrected chi connectivity index (χ1v) is 3.73. The monoisotopic (exact) mass is 212 g/mol. The second kappa shape index (κ2) is 3.32. The van der Waals surface area contributed by atoms with Crippen molar-refractivity contribution in [1.82, 2.24) is 25.0 Å². The topological polar surface area (TPSA) is 133 Å². The van der Waals surface area contributed by atoms with Gasteiger partial charge in [-0.25, -0.2) is 9.89 Å². The molecule has 0 aliphatic carbocycles. The molecule has 0 aliphatic rings. The molecule has 0 fully saturated rings. The first-order valence-electron chi connectivity index (χ1n) is 3.73. The highest BCUT2D eigenvalue weighted by atomic mass is 16.6. The Bertz CT molecular complexity index is 537. The Balaban J connectivity index is 2.17. The molecule has 15 heavy (non-hydrogen) atoms. The van der Waals surface area contributed by atoms with E-state index in [9.17, 15) is 14.9 Å². The number of aromatic nitrogens is 5. The summed E-state index contributed by atoms with van der Waals surface area (Å²) in [5.41, 5.74) is 0. The number of hydrogen-bond donors (Lipinski definition) is 1. The van der Waals surface area contributed by atoms with Crippen molar-refractivity contribution in [3.05, 3.63) is 32.9 Å². The van der Waals surface area contributed by atoms with Gasteiger partial charge in [0, 0.05) is 5.10 Å². The summed E-state index contributed by atoms with van der Waals surface area (Å²) in [6.45, 7) is -0.000417. The Hall–Kier alpha value is -2.52. The molecule has 0 aromatic carbocycles. The van der Waals surface area contributed by atoms with Gasteiger partial charge in [-0.2, -0.15) is 4.68 Å². The summed E-state index contributed by atoms with van der Waals surface area (Å²) in [4.78, 5) is 23.5. The third-order valence-electron chi connectivity index (χ3n) is 1.47. The summed E-state index contributed by atoms with van der Waals surface area (Å²) in [5, 5.41) is 19.3. The van der Waals surface area contributed by atoms with Gasteiger partial charge in [-0.3, -0.25) is 0 Å². The quantitative estimate of drug-likeness (QED) is 0.504. The zero-order valence-corrected chi connectivity index (χ0v) is 7.15. The highest BCUT2D eigenvalue weighted by Crippen LogP contribution is 2.01. The molecule has 1 N–H and O–H groups in total. The maximum absolute atomic E-state index is 10.6. The fourth-order valence-corrected chi connectivity index (χ4v) is 0.911. The fourth-order valence-electron chi connectivity index (χ4n) is 0.911. The van der Waals surface area contributed by atoms with Crippen LogP contribution in [0.15, 0.2) is 15.5 Å². The highest BCUT2D eigenvalue weighted by molar-refractivity contribution is 4.97. The lowest BCUT2D eigenvalue weighted by Crippen LogP contribution is -2.01. The van der Waals surface area contributed by atoms with E-state index >= 15 is 0 Å². The van der Waals surface area contributed by atoms with Crippen molar-refractivity contribution in [2.45, 2.75) is 6.54 Å². The minimum absolute atomic E-state index is 0.000417. The number of nitro groups is 1. The zero-order valence-electron chi connectivity index (χ0n) is 7.15. The van der Waals surface area contributed by atoms with Crippen molar-refractivity contribution < 1.29 is 9.34 Å².